The van der Waals surface area contributed by atoms with Crippen LogP contribution in [0.2, 0.25) is 0 Å². The van der Waals surface area contributed by atoms with Gasteiger partial charge >= 0.3 is 5.69 Å². The summed E-state index contributed by atoms with van der Waals surface area (Å²) in [4.78, 5) is 18.3. The summed E-state index contributed by atoms with van der Waals surface area (Å²) in [6.45, 7) is 6.36. The third kappa shape index (κ3) is 4.47. The number of nitrogens with zero attached hydrogens (tertiary/aromatic N) is 3. The molecule has 0 aromatic carbocycles. The van der Waals surface area contributed by atoms with E-state index in [-0.39, 0.29) is 17.4 Å². The van der Waals surface area contributed by atoms with Gasteiger partial charge in [-0.25, -0.2) is 4.79 Å². The fourth-order valence-corrected chi connectivity index (χ4v) is 3.30. The second-order valence-corrected chi connectivity index (χ2v) is 6.52. The van der Waals surface area contributed by atoms with Crippen LogP contribution in [-0.2, 0) is 9.47 Å². The molecule has 22 heavy (non-hydrogen) atoms. The molecule has 1 saturated heterocycles. The minimum absolute atomic E-state index is 0.00843. The third-order valence-corrected chi connectivity index (χ3v) is 4.51. The molecule has 2 atom stereocenters. The number of aromatic nitrogens is 2. The van der Waals surface area contributed by atoms with E-state index < -0.39 is 0 Å². The second-order valence-electron chi connectivity index (χ2n) is 5.33. The molecule has 124 valence electrons. The quantitative estimate of drug-likeness (QED) is 0.682. The van der Waals surface area contributed by atoms with Crippen molar-refractivity contribution in [2.75, 3.05) is 37.5 Å². The van der Waals surface area contributed by atoms with Crippen molar-refractivity contribution in [3.8, 4) is 0 Å². The first-order chi connectivity index (χ1) is 10.7. The van der Waals surface area contributed by atoms with Crippen LogP contribution in [0.5, 0.6) is 0 Å². The van der Waals surface area contributed by atoms with Crippen molar-refractivity contribution in [3.05, 3.63) is 22.7 Å². The Bertz CT molecular complexity index is 523. The van der Waals surface area contributed by atoms with Crippen LogP contribution in [0.3, 0.4) is 0 Å². The van der Waals surface area contributed by atoms with Crippen LogP contribution in [-0.4, -0.2) is 47.5 Å². The van der Waals surface area contributed by atoms with Crippen molar-refractivity contribution < 1.29 is 9.47 Å². The van der Waals surface area contributed by atoms with Crippen molar-refractivity contribution in [1.29, 1.82) is 0 Å². The molecule has 1 aliphatic heterocycles. The fraction of sp³-hybridized carbons (Fsp3) is 0.733. The Morgan fingerprint density at radius 2 is 2.32 bits per heavy atom. The summed E-state index contributed by atoms with van der Waals surface area (Å²) in [5, 5.41) is 0. The number of hydrogen-bond donors (Lipinski definition) is 0. The van der Waals surface area contributed by atoms with E-state index in [1.54, 1.807) is 22.5 Å². The van der Waals surface area contributed by atoms with Gasteiger partial charge in [0.1, 0.15) is 17.5 Å². The standard InChI is InChI=1S/C15H25N3O3S/c1-4-7-17(3)12-6-8-18(15(19)16-12)13-11-22-14(21-13)10-20-9-5-2/h6,8,13-14H,4-5,7,9-11H2,1-3H3/t13-,14?/m0/s1. The largest absolute Gasteiger partial charge is 0.378 e. The minimum atomic E-state index is -0.263. The van der Waals surface area contributed by atoms with Gasteiger partial charge in [-0.15, -0.1) is 11.8 Å². The molecule has 1 aromatic heterocycles. The summed E-state index contributed by atoms with van der Waals surface area (Å²) in [6, 6.07) is 1.87. The van der Waals surface area contributed by atoms with Crippen LogP contribution < -0.4 is 10.6 Å². The normalized spacial score (nSPS) is 21.2. The lowest BCUT2D eigenvalue weighted by Crippen LogP contribution is -2.31. The maximum Gasteiger partial charge on any atom is 0.351 e. The van der Waals surface area contributed by atoms with Crippen molar-refractivity contribution >= 4 is 17.6 Å². The molecular formula is C15H25N3O3S. The van der Waals surface area contributed by atoms with E-state index in [9.17, 15) is 4.79 Å². The lowest BCUT2D eigenvalue weighted by molar-refractivity contribution is -0.0245. The average molecular weight is 327 g/mol. The smallest absolute Gasteiger partial charge is 0.351 e. The molecule has 6 nitrogen and oxygen atoms in total. The highest BCUT2D eigenvalue weighted by Crippen LogP contribution is 2.31. The van der Waals surface area contributed by atoms with Crippen LogP contribution in [0.4, 0.5) is 5.82 Å². The van der Waals surface area contributed by atoms with Crippen LogP contribution in [0, 0.1) is 0 Å². The van der Waals surface area contributed by atoms with Crippen LogP contribution >= 0.6 is 11.8 Å². The maximum atomic E-state index is 12.2. The van der Waals surface area contributed by atoms with E-state index >= 15 is 0 Å². The highest BCUT2D eigenvalue weighted by molar-refractivity contribution is 8.00. The summed E-state index contributed by atoms with van der Waals surface area (Å²) in [5.41, 5.74) is -0.271. The Kier molecular flexibility index (Phi) is 6.72. The number of anilines is 1. The summed E-state index contributed by atoms with van der Waals surface area (Å²) in [6.07, 6.45) is 3.53. The Labute approximate surface area is 135 Å². The van der Waals surface area contributed by atoms with Gasteiger partial charge in [-0.3, -0.25) is 4.57 Å². The van der Waals surface area contributed by atoms with Gasteiger partial charge in [0, 0.05) is 32.1 Å². The lowest BCUT2D eigenvalue weighted by atomic mass is 10.4. The summed E-state index contributed by atoms with van der Waals surface area (Å²) in [5.74, 6) is 1.45. The predicted molar refractivity (Wildman–Crippen MR) is 89.5 cm³/mol. The lowest BCUT2D eigenvalue weighted by Gasteiger charge is -2.19. The number of ether oxygens (including phenoxy) is 2. The number of rotatable bonds is 8. The first kappa shape index (κ1) is 17.3. The van der Waals surface area contributed by atoms with Gasteiger partial charge < -0.3 is 14.4 Å². The molecule has 7 heteroatoms. The monoisotopic (exact) mass is 327 g/mol. The van der Waals surface area contributed by atoms with Crippen LogP contribution in [0.25, 0.3) is 0 Å². The zero-order valence-corrected chi connectivity index (χ0v) is 14.3. The summed E-state index contributed by atoms with van der Waals surface area (Å²) in [7, 11) is 1.94. The van der Waals surface area contributed by atoms with Gasteiger partial charge in [-0.1, -0.05) is 13.8 Å². The molecule has 0 spiro atoms. The highest BCUT2D eigenvalue weighted by atomic mass is 32.2. The maximum absolute atomic E-state index is 12.2. The van der Waals surface area contributed by atoms with Gasteiger partial charge in [-0.2, -0.15) is 4.98 Å². The SMILES string of the molecule is CCCOCC1O[C@H](n2ccc(N(C)CCC)nc2=O)CS1. The van der Waals surface area contributed by atoms with Crippen molar-refractivity contribution in [3.63, 3.8) is 0 Å². The molecule has 0 saturated carbocycles. The van der Waals surface area contributed by atoms with Crippen molar-refractivity contribution in [2.24, 2.45) is 0 Å². The number of hydrogen-bond acceptors (Lipinski definition) is 6. The molecule has 0 radical (unpaired) electrons. The highest BCUT2D eigenvalue weighted by Gasteiger charge is 2.28. The first-order valence-corrected chi connectivity index (χ1v) is 8.85. The summed E-state index contributed by atoms with van der Waals surface area (Å²) < 4.78 is 12.9. The molecule has 1 aliphatic rings. The first-order valence-electron chi connectivity index (χ1n) is 7.80. The Hall–Kier alpha value is -1.05. The Morgan fingerprint density at radius 3 is 3.00 bits per heavy atom. The molecule has 0 aliphatic carbocycles. The van der Waals surface area contributed by atoms with E-state index in [0.29, 0.717) is 12.4 Å². The van der Waals surface area contributed by atoms with E-state index in [2.05, 4.69) is 18.8 Å². The molecule has 1 aromatic rings. The molecule has 0 amide bonds. The third-order valence-electron chi connectivity index (χ3n) is 3.41. The van der Waals surface area contributed by atoms with Crippen LogP contribution in [0.1, 0.15) is 32.9 Å². The molecule has 1 fully saturated rings. The zero-order chi connectivity index (χ0) is 15.9. The van der Waals surface area contributed by atoms with Gasteiger partial charge in [0.2, 0.25) is 0 Å². The molecule has 0 N–H and O–H groups in total. The zero-order valence-electron chi connectivity index (χ0n) is 13.5. The minimum Gasteiger partial charge on any atom is -0.378 e. The molecule has 2 heterocycles. The van der Waals surface area contributed by atoms with E-state index in [4.69, 9.17) is 9.47 Å². The van der Waals surface area contributed by atoms with E-state index in [0.717, 1.165) is 31.7 Å². The second kappa shape index (κ2) is 8.55. The predicted octanol–water partition coefficient (Wildman–Crippen LogP) is 2.10. The molecule has 2 rings (SSSR count). The van der Waals surface area contributed by atoms with Gasteiger partial charge in [0.25, 0.3) is 0 Å². The van der Waals surface area contributed by atoms with E-state index in [1.807, 2.05) is 18.0 Å². The Balaban J connectivity index is 1.97. The van der Waals surface area contributed by atoms with Gasteiger partial charge in [-0.05, 0) is 18.9 Å². The fourth-order valence-electron chi connectivity index (χ4n) is 2.29. The van der Waals surface area contributed by atoms with Gasteiger partial charge in [0.15, 0.2) is 0 Å². The van der Waals surface area contributed by atoms with Crippen LogP contribution in [0.15, 0.2) is 17.1 Å². The topological polar surface area (TPSA) is 56.6 Å². The molecule has 0 bridgehead atoms. The molecule has 1 unspecified atom stereocenters. The van der Waals surface area contributed by atoms with E-state index in [1.165, 1.54) is 0 Å². The van der Waals surface area contributed by atoms with Crippen molar-refractivity contribution in [2.45, 2.75) is 38.4 Å². The van der Waals surface area contributed by atoms with Crippen molar-refractivity contribution in [1.82, 2.24) is 9.55 Å². The Morgan fingerprint density at radius 1 is 1.50 bits per heavy atom. The average Bonchev–Trinajstić information content (AvgIpc) is 2.96. The number of thioether (sulfide) groups is 1. The van der Waals surface area contributed by atoms with Gasteiger partial charge in [0.05, 0.1) is 6.61 Å². The summed E-state index contributed by atoms with van der Waals surface area (Å²) >= 11 is 1.68. The molecular weight excluding hydrogens is 302 g/mol.